The monoisotopic (exact) mass is 260 g/mol. The number of benzene rings is 1. The van der Waals surface area contributed by atoms with Crippen molar-refractivity contribution < 1.29 is 4.79 Å². The molecule has 1 atom stereocenters. The highest BCUT2D eigenvalue weighted by molar-refractivity contribution is 5.94. The van der Waals surface area contributed by atoms with Gasteiger partial charge in [-0.2, -0.15) is 0 Å². The van der Waals surface area contributed by atoms with Crippen molar-refractivity contribution in [1.29, 1.82) is 0 Å². The van der Waals surface area contributed by atoms with E-state index in [1.54, 1.807) is 4.90 Å². The van der Waals surface area contributed by atoms with Crippen LogP contribution in [-0.2, 0) is 0 Å². The minimum Gasteiger partial charge on any atom is -0.381 e. The summed E-state index contributed by atoms with van der Waals surface area (Å²) in [7, 11) is 2.15. The number of likely N-dealkylation sites (N-methyl/N-ethyl adjacent to an activating group) is 1. The molecule has 2 N–H and O–H groups in total. The zero-order valence-electron chi connectivity index (χ0n) is 11.2. The topological polar surface area (TPSA) is 47.6 Å². The molecule has 0 aliphatic carbocycles. The van der Waals surface area contributed by atoms with Crippen LogP contribution in [0.2, 0.25) is 0 Å². The molecule has 0 aromatic heterocycles. The number of likely N-dealkylation sites (tertiary alicyclic amines) is 1. The minimum absolute atomic E-state index is 0.00208. The normalized spacial score (nSPS) is 23.7. The van der Waals surface area contributed by atoms with Crippen LogP contribution in [0.4, 0.5) is 16.2 Å². The second-order valence-electron chi connectivity index (χ2n) is 5.33. The molecule has 1 aromatic carbocycles. The van der Waals surface area contributed by atoms with Gasteiger partial charge < -0.3 is 15.5 Å². The Morgan fingerprint density at radius 3 is 2.95 bits per heavy atom. The van der Waals surface area contributed by atoms with Crippen LogP contribution in [0.5, 0.6) is 0 Å². The second-order valence-corrected chi connectivity index (χ2v) is 5.33. The van der Waals surface area contributed by atoms with Crippen molar-refractivity contribution in [1.82, 2.24) is 10.2 Å². The van der Waals surface area contributed by atoms with E-state index in [0.717, 1.165) is 37.6 Å². The number of nitrogens with zero attached hydrogens (tertiary/aromatic N) is 2. The Bertz CT molecular complexity index is 476. The lowest BCUT2D eigenvalue weighted by Gasteiger charge is -2.18. The molecule has 0 saturated carbocycles. The Hall–Kier alpha value is -1.75. The summed E-state index contributed by atoms with van der Waals surface area (Å²) in [5.41, 5.74) is 2.06. The fourth-order valence-electron chi connectivity index (χ4n) is 2.77. The molecule has 0 radical (unpaired) electrons. The van der Waals surface area contributed by atoms with Crippen LogP contribution in [-0.4, -0.2) is 50.2 Å². The summed E-state index contributed by atoms with van der Waals surface area (Å²) in [6.45, 7) is 3.69. The number of hydrogen-bond donors (Lipinski definition) is 2. The first-order chi connectivity index (χ1) is 9.22. The summed E-state index contributed by atoms with van der Waals surface area (Å²) in [6, 6.07) is 8.61. The first kappa shape index (κ1) is 12.3. The molecule has 2 saturated heterocycles. The van der Waals surface area contributed by atoms with E-state index in [1.807, 2.05) is 12.1 Å². The maximum absolute atomic E-state index is 11.7. The summed E-state index contributed by atoms with van der Waals surface area (Å²) in [6.07, 6.45) is 1.17. The largest absolute Gasteiger partial charge is 0.381 e. The number of carbonyl (C=O) groups excluding carboxylic acids is 1. The first-order valence-corrected chi connectivity index (χ1v) is 6.83. The maximum atomic E-state index is 11.7. The number of anilines is 2. The van der Waals surface area contributed by atoms with Crippen LogP contribution in [0.3, 0.4) is 0 Å². The number of rotatable bonds is 3. The molecule has 0 spiro atoms. The molecule has 5 nitrogen and oxygen atoms in total. The average molecular weight is 260 g/mol. The van der Waals surface area contributed by atoms with Crippen molar-refractivity contribution in [3.05, 3.63) is 24.3 Å². The molecule has 3 rings (SSSR count). The molecule has 0 bridgehead atoms. The molecule has 2 aliphatic heterocycles. The summed E-state index contributed by atoms with van der Waals surface area (Å²) >= 11 is 0. The van der Waals surface area contributed by atoms with Crippen molar-refractivity contribution in [2.75, 3.05) is 43.4 Å². The van der Waals surface area contributed by atoms with Crippen LogP contribution < -0.4 is 15.5 Å². The third-order valence-electron chi connectivity index (χ3n) is 3.78. The zero-order valence-corrected chi connectivity index (χ0v) is 11.2. The van der Waals surface area contributed by atoms with Gasteiger partial charge in [-0.1, -0.05) is 6.07 Å². The van der Waals surface area contributed by atoms with Gasteiger partial charge in [0.1, 0.15) is 0 Å². The molecule has 1 unspecified atom stereocenters. The summed E-state index contributed by atoms with van der Waals surface area (Å²) in [5, 5.41) is 6.38. The third kappa shape index (κ3) is 2.66. The van der Waals surface area contributed by atoms with Gasteiger partial charge in [-0.05, 0) is 38.2 Å². The van der Waals surface area contributed by atoms with E-state index in [1.165, 1.54) is 6.42 Å². The van der Waals surface area contributed by atoms with Crippen molar-refractivity contribution in [3.8, 4) is 0 Å². The van der Waals surface area contributed by atoms with Crippen LogP contribution in [0.15, 0.2) is 24.3 Å². The van der Waals surface area contributed by atoms with E-state index >= 15 is 0 Å². The van der Waals surface area contributed by atoms with Gasteiger partial charge in [-0.15, -0.1) is 0 Å². The molecule has 102 valence electrons. The van der Waals surface area contributed by atoms with Gasteiger partial charge in [0, 0.05) is 37.1 Å². The Kier molecular flexibility index (Phi) is 3.29. The van der Waals surface area contributed by atoms with Crippen molar-refractivity contribution in [3.63, 3.8) is 0 Å². The first-order valence-electron chi connectivity index (χ1n) is 6.83. The number of amides is 2. The summed E-state index contributed by atoms with van der Waals surface area (Å²) < 4.78 is 0. The lowest BCUT2D eigenvalue weighted by molar-refractivity contribution is 0.252. The molecule has 2 aliphatic rings. The van der Waals surface area contributed by atoms with E-state index in [9.17, 15) is 4.79 Å². The van der Waals surface area contributed by atoms with Crippen molar-refractivity contribution >= 4 is 17.4 Å². The molecule has 19 heavy (non-hydrogen) atoms. The highest BCUT2D eigenvalue weighted by Gasteiger charge is 2.22. The molecule has 5 heteroatoms. The summed E-state index contributed by atoms with van der Waals surface area (Å²) in [4.78, 5) is 15.8. The van der Waals surface area contributed by atoms with Crippen LogP contribution >= 0.6 is 0 Å². The smallest absolute Gasteiger partial charge is 0.321 e. The standard InChI is InChI=1S/C14H20N4O/c1-17-7-5-12(10-17)16-11-3-2-4-13(9-11)18-8-6-15-14(18)19/h2-4,9,12,16H,5-8,10H2,1H3,(H,15,19). The predicted molar refractivity (Wildman–Crippen MR) is 76.7 cm³/mol. The lowest BCUT2D eigenvalue weighted by Crippen LogP contribution is -2.28. The molecule has 1 aromatic rings. The van der Waals surface area contributed by atoms with Gasteiger partial charge in [0.15, 0.2) is 0 Å². The number of nitrogens with one attached hydrogen (secondary N) is 2. The number of carbonyl (C=O) groups is 1. The molecule has 2 fully saturated rings. The van der Waals surface area contributed by atoms with Crippen LogP contribution in [0.1, 0.15) is 6.42 Å². The Morgan fingerprint density at radius 1 is 1.37 bits per heavy atom. The quantitative estimate of drug-likeness (QED) is 0.862. The highest BCUT2D eigenvalue weighted by Crippen LogP contribution is 2.22. The Morgan fingerprint density at radius 2 is 2.26 bits per heavy atom. The van der Waals surface area contributed by atoms with Gasteiger partial charge in [-0.3, -0.25) is 4.90 Å². The van der Waals surface area contributed by atoms with E-state index in [4.69, 9.17) is 0 Å². The minimum atomic E-state index is -0.00208. The van der Waals surface area contributed by atoms with Gasteiger partial charge in [0.05, 0.1) is 0 Å². The van der Waals surface area contributed by atoms with Gasteiger partial charge in [-0.25, -0.2) is 4.79 Å². The SMILES string of the molecule is CN1CCC(Nc2cccc(N3CCNC3=O)c2)C1. The lowest BCUT2D eigenvalue weighted by atomic mass is 10.2. The van der Waals surface area contributed by atoms with Crippen LogP contribution in [0, 0.1) is 0 Å². The second kappa shape index (κ2) is 5.09. The Labute approximate surface area is 113 Å². The van der Waals surface area contributed by atoms with Crippen molar-refractivity contribution in [2.24, 2.45) is 0 Å². The van der Waals surface area contributed by atoms with E-state index in [0.29, 0.717) is 6.04 Å². The fraction of sp³-hybridized carbons (Fsp3) is 0.500. The molecule has 2 amide bonds. The summed E-state index contributed by atoms with van der Waals surface area (Å²) in [5.74, 6) is 0. The molecular formula is C14H20N4O. The van der Waals surface area contributed by atoms with Gasteiger partial charge in [0.25, 0.3) is 0 Å². The molecule has 2 heterocycles. The van der Waals surface area contributed by atoms with E-state index < -0.39 is 0 Å². The van der Waals surface area contributed by atoms with E-state index in [2.05, 4.69) is 34.7 Å². The predicted octanol–water partition coefficient (Wildman–Crippen LogP) is 1.33. The maximum Gasteiger partial charge on any atom is 0.321 e. The zero-order chi connectivity index (χ0) is 13.2. The average Bonchev–Trinajstić information content (AvgIpc) is 2.99. The molecular weight excluding hydrogens is 240 g/mol. The highest BCUT2D eigenvalue weighted by atomic mass is 16.2. The number of urea groups is 1. The van der Waals surface area contributed by atoms with Gasteiger partial charge >= 0.3 is 6.03 Å². The van der Waals surface area contributed by atoms with Crippen molar-refractivity contribution in [2.45, 2.75) is 12.5 Å². The number of hydrogen-bond acceptors (Lipinski definition) is 3. The van der Waals surface area contributed by atoms with E-state index in [-0.39, 0.29) is 6.03 Å². The third-order valence-corrected chi connectivity index (χ3v) is 3.78. The van der Waals surface area contributed by atoms with Crippen LogP contribution in [0.25, 0.3) is 0 Å². The Balaban J connectivity index is 1.71. The fourth-order valence-corrected chi connectivity index (χ4v) is 2.77. The van der Waals surface area contributed by atoms with Gasteiger partial charge in [0.2, 0.25) is 0 Å².